The van der Waals surface area contributed by atoms with Gasteiger partial charge in [0, 0.05) is 38.1 Å². The largest absolute Gasteiger partial charge is 0.353 e. The van der Waals surface area contributed by atoms with Gasteiger partial charge in [-0.3, -0.25) is 9.79 Å². The van der Waals surface area contributed by atoms with Gasteiger partial charge in [0.15, 0.2) is 15.8 Å². The van der Waals surface area contributed by atoms with Gasteiger partial charge >= 0.3 is 0 Å². The second-order valence-electron chi connectivity index (χ2n) is 8.67. The lowest BCUT2D eigenvalue weighted by atomic mass is 9.88. The second kappa shape index (κ2) is 11.0. The summed E-state index contributed by atoms with van der Waals surface area (Å²) < 4.78 is 25.5. The lowest BCUT2D eigenvalue weighted by molar-refractivity contribution is -0.135. The van der Waals surface area contributed by atoms with Crippen molar-refractivity contribution in [3.8, 4) is 0 Å². The molecule has 1 aromatic carbocycles. The molecule has 2 N–H and O–H groups in total. The molecule has 0 spiro atoms. The molecule has 8 heteroatoms. The van der Waals surface area contributed by atoms with Crippen LogP contribution in [0.5, 0.6) is 0 Å². The molecule has 1 amide bonds. The van der Waals surface area contributed by atoms with Crippen molar-refractivity contribution in [2.75, 3.05) is 25.9 Å². The smallest absolute Gasteiger partial charge is 0.225 e. The Labute approximate surface area is 186 Å². The number of nitrogens with zero attached hydrogens (tertiary/aromatic N) is 2. The Kier molecular flexibility index (Phi) is 8.35. The van der Waals surface area contributed by atoms with E-state index in [1.165, 1.54) is 6.42 Å². The van der Waals surface area contributed by atoms with Crippen LogP contribution in [0.1, 0.15) is 51.9 Å². The average molecular weight is 449 g/mol. The number of sulfone groups is 1. The van der Waals surface area contributed by atoms with Crippen LogP contribution in [0.15, 0.2) is 40.2 Å². The molecule has 1 saturated carbocycles. The van der Waals surface area contributed by atoms with Crippen molar-refractivity contribution in [3.05, 3.63) is 30.3 Å². The highest BCUT2D eigenvalue weighted by atomic mass is 32.2. The van der Waals surface area contributed by atoms with Gasteiger partial charge in [-0.2, -0.15) is 0 Å². The summed E-state index contributed by atoms with van der Waals surface area (Å²) >= 11 is 0. The van der Waals surface area contributed by atoms with Crippen LogP contribution in [-0.4, -0.2) is 63.2 Å². The van der Waals surface area contributed by atoms with Gasteiger partial charge < -0.3 is 15.5 Å². The summed E-state index contributed by atoms with van der Waals surface area (Å²) in [4.78, 5) is 19.4. The molecule has 172 valence electrons. The van der Waals surface area contributed by atoms with Crippen LogP contribution >= 0.6 is 0 Å². The van der Waals surface area contributed by atoms with Gasteiger partial charge in [0.25, 0.3) is 0 Å². The van der Waals surface area contributed by atoms with Gasteiger partial charge in [-0.15, -0.1) is 0 Å². The zero-order chi connectivity index (χ0) is 22.3. The fourth-order valence-corrected chi connectivity index (χ4v) is 6.11. The molecule has 1 aromatic rings. The zero-order valence-corrected chi connectivity index (χ0v) is 19.5. The number of guanidine groups is 1. The number of carbonyl (C=O) groups excluding carboxylic acids is 1. The third-order valence-corrected chi connectivity index (χ3v) is 8.21. The normalized spacial score (nSPS) is 21.7. The van der Waals surface area contributed by atoms with Gasteiger partial charge in [0.2, 0.25) is 5.91 Å². The molecule has 3 rings (SSSR count). The highest BCUT2D eigenvalue weighted by molar-refractivity contribution is 7.91. The van der Waals surface area contributed by atoms with E-state index in [1.807, 2.05) is 17.9 Å². The lowest BCUT2D eigenvalue weighted by Crippen LogP contribution is -2.50. The monoisotopic (exact) mass is 448 g/mol. The van der Waals surface area contributed by atoms with E-state index in [0.29, 0.717) is 29.7 Å². The minimum Gasteiger partial charge on any atom is -0.353 e. The van der Waals surface area contributed by atoms with Crippen molar-refractivity contribution in [2.45, 2.75) is 68.8 Å². The van der Waals surface area contributed by atoms with Crippen LogP contribution in [0.3, 0.4) is 0 Å². The standard InChI is InChI=1S/C23H36N4O3S/c1-3-19(17-31(29,30)21-12-8-5-9-13-21)25-23(24-2)26-20-14-15-27(16-20)22(28)18-10-6-4-7-11-18/h5,8-9,12-13,18-20H,3-4,6-7,10-11,14-17H2,1-2H3,(H2,24,25,26). The van der Waals surface area contributed by atoms with Crippen molar-refractivity contribution < 1.29 is 13.2 Å². The average Bonchev–Trinajstić information content (AvgIpc) is 3.27. The van der Waals surface area contributed by atoms with Crippen molar-refractivity contribution in [1.29, 1.82) is 0 Å². The Bertz CT molecular complexity index is 851. The van der Waals surface area contributed by atoms with Crippen molar-refractivity contribution in [3.63, 3.8) is 0 Å². The molecule has 2 atom stereocenters. The molecular weight excluding hydrogens is 412 g/mol. The fourth-order valence-electron chi connectivity index (χ4n) is 4.49. The molecule has 1 heterocycles. The van der Waals surface area contributed by atoms with E-state index >= 15 is 0 Å². The topological polar surface area (TPSA) is 90.9 Å². The van der Waals surface area contributed by atoms with Crippen LogP contribution in [-0.2, 0) is 14.6 Å². The summed E-state index contributed by atoms with van der Waals surface area (Å²) in [6, 6.07) is 8.42. The first-order valence-electron chi connectivity index (χ1n) is 11.5. The Balaban J connectivity index is 1.53. The molecule has 0 bridgehead atoms. The molecule has 1 saturated heterocycles. The molecule has 1 aliphatic heterocycles. The number of hydrogen-bond donors (Lipinski definition) is 2. The summed E-state index contributed by atoms with van der Waals surface area (Å²) in [5.74, 6) is 1.09. The summed E-state index contributed by atoms with van der Waals surface area (Å²) in [5.41, 5.74) is 0. The number of likely N-dealkylation sites (tertiary alicyclic amines) is 1. The van der Waals surface area contributed by atoms with Crippen molar-refractivity contribution in [2.24, 2.45) is 10.9 Å². The molecule has 0 aromatic heterocycles. The molecule has 31 heavy (non-hydrogen) atoms. The molecule has 7 nitrogen and oxygen atoms in total. The minimum absolute atomic E-state index is 0.00513. The van der Waals surface area contributed by atoms with E-state index in [-0.39, 0.29) is 23.8 Å². The number of carbonyl (C=O) groups is 1. The molecule has 2 unspecified atom stereocenters. The van der Waals surface area contributed by atoms with E-state index in [1.54, 1.807) is 31.3 Å². The fraction of sp³-hybridized carbons (Fsp3) is 0.652. The van der Waals surface area contributed by atoms with Crippen LogP contribution in [0.2, 0.25) is 0 Å². The lowest BCUT2D eigenvalue weighted by Gasteiger charge is -2.27. The summed E-state index contributed by atoms with van der Waals surface area (Å²) in [7, 11) is -1.70. The molecule has 0 radical (unpaired) electrons. The van der Waals surface area contributed by atoms with Crippen LogP contribution in [0.4, 0.5) is 0 Å². The van der Waals surface area contributed by atoms with Crippen LogP contribution < -0.4 is 10.6 Å². The quantitative estimate of drug-likeness (QED) is 0.494. The Morgan fingerprint density at radius 1 is 1.16 bits per heavy atom. The number of nitrogens with one attached hydrogen (secondary N) is 2. The third kappa shape index (κ3) is 6.45. The highest BCUT2D eigenvalue weighted by Crippen LogP contribution is 2.26. The number of aliphatic imine (C=N–C) groups is 1. The Hall–Kier alpha value is -2.09. The first kappa shape index (κ1) is 23.6. The minimum atomic E-state index is -3.38. The molecule has 2 aliphatic rings. The van der Waals surface area contributed by atoms with E-state index in [4.69, 9.17) is 0 Å². The maximum atomic E-state index is 12.8. The maximum Gasteiger partial charge on any atom is 0.225 e. The van der Waals surface area contributed by atoms with Crippen LogP contribution in [0.25, 0.3) is 0 Å². The van der Waals surface area contributed by atoms with Gasteiger partial charge in [0.1, 0.15) is 0 Å². The summed E-state index contributed by atoms with van der Waals surface area (Å²) in [5, 5.41) is 6.66. The van der Waals surface area contributed by atoms with E-state index in [0.717, 1.165) is 38.6 Å². The SMILES string of the molecule is CCC(CS(=O)(=O)c1ccccc1)NC(=NC)NC1CCN(C(=O)C2CCCCC2)C1. The van der Waals surface area contributed by atoms with Crippen molar-refractivity contribution in [1.82, 2.24) is 15.5 Å². The van der Waals surface area contributed by atoms with Gasteiger partial charge in [-0.25, -0.2) is 8.42 Å². The highest BCUT2D eigenvalue weighted by Gasteiger charge is 2.32. The molecule has 1 aliphatic carbocycles. The Morgan fingerprint density at radius 2 is 1.87 bits per heavy atom. The van der Waals surface area contributed by atoms with Gasteiger partial charge in [-0.1, -0.05) is 44.4 Å². The molecular formula is C23H36N4O3S. The zero-order valence-electron chi connectivity index (χ0n) is 18.7. The molecule has 2 fully saturated rings. The van der Waals surface area contributed by atoms with Crippen LogP contribution in [0, 0.1) is 5.92 Å². The second-order valence-corrected chi connectivity index (χ2v) is 10.7. The first-order chi connectivity index (χ1) is 14.9. The van der Waals surface area contributed by atoms with E-state index in [9.17, 15) is 13.2 Å². The van der Waals surface area contributed by atoms with E-state index < -0.39 is 9.84 Å². The van der Waals surface area contributed by atoms with Gasteiger partial charge in [-0.05, 0) is 37.8 Å². The number of amides is 1. The maximum absolute atomic E-state index is 12.8. The third-order valence-electron chi connectivity index (χ3n) is 6.38. The van der Waals surface area contributed by atoms with Gasteiger partial charge in [0.05, 0.1) is 10.6 Å². The number of benzene rings is 1. The number of hydrogen-bond acceptors (Lipinski definition) is 4. The Morgan fingerprint density at radius 3 is 2.52 bits per heavy atom. The predicted molar refractivity (Wildman–Crippen MR) is 124 cm³/mol. The van der Waals surface area contributed by atoms with E-state index in [2.05, 4.69) is 15.6 Å². The van der Waals surface area contributed by atoms with Crippen molar-refractivity contribution >= 4 is 21.7 Å². The predicted octanol–water partition coefficient (Wildman–Crippen LogP) is 2.59. The summed E-state index contributed by atoms with van der Waals surface area (Å²) in [6.07, 6.45) is 7.13. The number of rotatable bonds is 7. The first-order valence-corrected chi connectivity index (χ1v) is 13.1. The summed E-state index contributed by atoms with van der Waals surface area (Å²) in [6.45, 7) is 3.41.